The lowest BCUT2D eigenvalue weighted by molar-refractivity contribution is 1.39. The third kappa shape index (κ3) is 3.95. The molecule has 2 aromatic rings. The molecule has 0 fully saturated rings. The van der Waals surface area contributed by atoms with Crippen LogP contribution in [0.3, 0.4) is 0 Å². The Morgan fingerprint density at radius 1 is 0.464 bits per heavy atom. The van der Waals surface area contributed by atoms with Crippen LogP contribution < -0.4 is 0 Å². The zero-order valence-corrected chi connectivity index (χ0v) is 15.8. The van der Waals surface area contributed by atoms with Gasteiger partial charge in [-0.1, -0.05) is 48.9 Å². The van der Waals surface area contributed by atoms with Crippen LogP contribution in [0.15, 0.2) is 24.3 Å². The van der Waals surface area contributed by atoms with Crippen LogP contribution in [0.5, 0.6) is 0 Å². The van der Waals surface area contributed by atoms with E-state index in [1.807, 2.05) is 24.3 Å². The molecule has 0 saturated carbocycles. The van der Waals surface area contributed by atoms with Crippen LogP contribution in [0.2, 0.25) is 0 Å². The van der Waals surface area contributed by atoms with E-state index in [0.29, 0.717) is 22.3 Å². The fourth-order valence-corrected chi connectivity index (χ4v) is 2.58. The lowest BCUT2D eigenvalue weighted by Gasteiger charge is -2.03. The van der Waals surface area contributed by atoms with Crippen LogP contribution in [0.1, 0.15) is 44.5 Å². The highest BCUT2D eigenvalue weighted by molar-refractivity contribution is 7.85. The molecule has 0 radical (unpaired) electrons. The largest absolute Gasteiger partial charge is 0.192 e. The van der Waals surface area contributed by atoms with Gasteiger partial charge < -0.3 is 0 Å². The van der Waals surface area contributed by atoms with Gasteiger partial charge in [0.05, 0.1) is 22.3 Å². The van der Waals surface area contributed by atoms with E-state index in [2.05, 4.69) is 59.4 Å². The van der Waals surface area contributed by atoms with Gasteiger partial charge >= 0.3 is 0 Å². The zero-order chi connectivity index (χ0) is 20.5. The minimum Gasteiger partial charge on any atom is -0.192 e. The molecule has 0 amide bonds. The van der Waals surface area contributed by atoms with Gasteiger partial charge in [-0.25, -0.2) is 0 Å². The Morgan fingerprint density at radius 2 is 0.714 bits per heavy atom. The summed E-state index contributed by atoms with van der Waals surface area (Å²) in [6.07, 6.45) is 0. The third-order valence-corrected chi connectivity index (χ3v) is 3.79. The van der Waals surface area contributed by atoms with Gasteiger partial charge in [0.1, 0.15) is 24.3 Å². The molecule has 2 rings (SSSR count). The van der Waals surface area contributed by atoms with Crippen LogP contribution in [0, 0.1) is 79.5 Å². The molecule has 0 aliphatic heterocycles. The molecule has 2 aromatic carbocycles. The van der Waals surface area contributed by atoms with Crippen LogP contribution in [-0.2, 0) is 0 Å². The summed E-state index contributed by atoms with van der Waals surface area (Å²) in [5.74, 6) is 10.9. The summed E-state index contributed by atoms with van der Waals surface area (Å²) in [4.78, 5) is 0. The van der Waals surface area contributed by atoms with E-state index in [9.17, 15) is 21.0 Å². The molecule has 0 heterocycles. The molecule has 0 saturated heterocycles. The monoisotopic (exact) mass is 390 g/mol. The van der Waals surface area contributed by atoms with Gasteiger partial charge in [0.2, 0.25) is 0 Å². The number of rotatable bonds is 0. The Morgan fingerprint density at radius 3 is 0.929 bits per heavy atom. The third-order valence-electron chi connectivity index (χ3n) is 3.57. The molecular weight excluding hydrogens is 384 g/mol. The van der Waals surface area contributed by atoms with E-state index >= 15 is 0 Å². The second kappa shape index (κ2) is 9.47. The second-order valence-electron chi connectivity index (χ2n) is 4.99. The topological polar surface area (TPSA) is 95.2 Å². The number of nitriles is 4. The average Bonchev–Trinajstić information content (AvgIpc) is 2.72. The van der Waals surface area contributed by atoms with Crippen LogP contribution in [-0.4, -0.2) is 0 Å². The first-order valence-electron chi connectivity index (χ1n) is 7.41. The molecule has 0 aliphatic rings. The normalized spacial score (nSPS) is 8.07. The van der Waals surface area contributed by atoms with Gasteiger partial charge in [-0.15, -0.1) is 0 Å². The average molecular weight is 390 g/mol. The number of nitrogens with zero attached hydrogens (tertiary/aromatic N) is 4. The number of hydrogen-bond acceptors (Lipinski definition) is 6. The summed E-state index contributed by atoms with van der Waals surface area (Å²) >= 11 is 7.62. The summed E-state index contributed by atoms with van der Waals surface area (Å²) in [6, 6.07) is 14.1. The molecule has 0 bridgehead atoms. The zero-order valence-electron chi connectivity index (χ0n) is 14.0. The number of hydrogen-bond donors (Lipinski definition) is 2. The summed E-state index contributed by atoms with van der Waals surface area (Å²) in [7, 11) is 0. The SMILES string of the molecule is N#Cc1c(C#CS)ccc(C#Cc2ccc(C#CS)c(C#N)c2C#N)c1C#N. The molecule has 0 unspecified atom stereocenters. The van der Waals surface area contributed by atoms with Crippen LogP contribution in [0.25, 0.3) is 0 Å². The van der Waals surface area contributed by atoms with Crippen LogP contribution >= 0.6 is 25.3 Å². The van der Waals surface area contributed by atoms with Crippen molar-refractivity contribution in [2.75, 3.05) is 0 Å². The molecule has 0 aromatic heterocycles. The molecule has 0 spiro atoms. The molecule has 4 nitrogen and oxygen atoms in total. The predicted octanol–water partition coefficient (Wildman–Crippen LogP) is 3.05. The molecular formula is C22H6N4S2. The maximum Gasteiger partial charge on any atom is 0.102 e. The van der Waals surface area contributed by atoms with E-state index in [1.54, 1.807) is 24.3 Å². The van der Waals surface area contributed by atoms with Gasteiger partial charge in [-0.3, -0.25) is 0 Å². The number of thiol groups is 2. The van der Waals surface area contributed by atoms with Gasteiger partial charge in [-0.2, -0.15) is 21.0 Å². The van der Waals surface area contributed by atoms with Crippen molar-refractivity contribution in [3.63, 3.8) is 0 Å². The predicted molar refractivity (Wildman–Crippen MR) is 109 cm³/mol. The van der Waals surface area contributed by atoms with Crippen molar-refractivity contribution in [2.45, 2.75) is 0 Å². The minimum absolute atomic E-state index is 0.0835. The Hall–Kier alpha value is -4.22. The van der Waals surface area contributed by atoms with Crippen molar-refractivity contribution >= 4 is 25.3 Å². The molecule has 6 heteroatoms. The van der Waals surface area contributed by atoms with Gasteiger partial charge in [0, 0.05) is 22.3 Å². The highest BCUT2D eigenvalue weighted by Gasteiger charge is 2.13. The summed E-state index contributed by atoms with van der Waals surface area (Å²) in [5.41, 5.74) is 1.75. The van der Waals surface area contributed by atoms with E-state index < -0.39 is 0 Å². The maximum atomic E-state index is 9.44. The van der Waals surface area contributed by atoms with Crippen molar-refractivity contribution in [3.8, 4) is 58.5 Å². The Labute approximate surface area is 173 Å². The van der Waals surface area contributed by atoms with E-state index in [4.69, 9.17) is 0 Å². The standard InChI is InChI=1S/C22H6N4S2/c23-11-19-15(3-5-17(7-9-27)21(19)13-25)1-2-16-4-6-18(8-10-28)22(14-26)20(16)12-24/h3-6,27-28H. The Kier molecular flexibility index (Phi) is 6.80. The highest BCUT2D eigenvalue weighted by Crippen LogP contribution is 2.19. The van der Waals surface area contributed by atoms with Crippen molar-refractivity contribution in [3.05, 3.63) is 68.8 Å². The van der Waals surface area contributed by atoms with Gasteiger partial charge in [0.25, 0.3) is 0 Å². The summed E-state index contributed by atoms with van der Waals surface area (Å²) in [5, 5.41) is 42.4. The highest BCUT2D eigenvalue weighted by atomic mass is 32.1. The van der Waals surface area contributed by atoms with E-state index in [0.717, 1.165) is 0 Å². The Bertz CT molecular complexity index is 1240. The lowest BCUT2D eigenvalue weighted by Crippen LogP contribution is -1.96. The van der Waals surface area contributed by atoms with Crippen molar-refractivity contribution in [1.82, 2.24) is 0 Å². The quantitative estimate of drug-likeness (QED) is 0.534. The lowest BCUT2D eigenvalue weighted by atomic mass is 9.96. The van der Waals surface area contributed by atoms with Crippen molar-refractivity contribution < 1.29 is 0 Å². The molecule has 126 valence electrons. The first-order chi connectivity index (χ1) is 13.6. The molecule has 0 aliphatic carbocycles. The Balaban J connectivity index is 2.71. The summed E-state index contributed by atoms with van der Waals surface area (Å²) in [6.45, 7) is 0. The second-order valence-corrected chi connectivity index (χ2v) is 5.44. The van der Waals surface area contributed by atoms with Crippen LogP contribution in [0.4, 0.5) is 0 Å². The van der Waals surface area contributed by atoms with E-state index in [1.165, 1.54) is 0 Å². The smallest absolute Gasteiger partial charge is 0.102 e. The molecule has 0 N–H and O–H groups in total. The van der Waals surface area contributed by atoms with Gasteiger partial charge in [0.15, 0.2) is 0 Å². The van der Waals surface area contributed by atoms with Crippen molar-refractivity contribution in [1.29, 1.82) is 21.0 Å². The van der Waals surface area contributed by atoms with Gasteiger partial charge in [-0.05, 0) is 34.8 Å². The minimum atomic E-state index is 0.0835. The van der Waals surface area contributed by atoms with E-state index in [-0.39, 0.29) is 22.3 Å². The number of benzene rings is 2. The summed E-state index contributed by atoms with van der Waals surface area (Å²) < 4.78 is 0. The molecule has 28 heavy (non-hydrogen) atoms. The fourth-order valence-electron chi connectivity index (χ4n) is 2.34. The fraction of sp³-hybridized carbons (Fsp3) is 0. The maximum absolute atomic E-state index is 9.44. The molecule has 0 atom stereocenters. The first kappa shape index (κ1) is 20.1. The first-order valence-corrected chi connectivity index (χ1v) is 8.31. The van der Waals surface area contributed by atoms with Crippen molar-refractivity contribution in [2.24, 2.45) is 0 Å².